The maximum atomic E-state index is 11.9. The Labute approximate surface area is 205 Å². The summed E-state index contributed by atoms with van der Waals surface area (Å²) in [5, 5.41) is 9.87. The van der Waals surface area contributed by atoms with Crippen LogP contribution in [0.2, 0.25) is 0 Å². The van der Waals surface area contributed by atoms with E-state index in [4.69, 9.17) is 9.47 Å². The summed E-state index contributed by atoms with van der Waals surface area (Å²) in [6.07, 6.45) is 4.58. The average Bonchev–Trinajstić information content (AvgIpc) is 2.81. The summed E-state index contributed by atoms with van der Waals surface area (Å²) in [6.45, 7) is 0.709. The van der Waals surface area contributed by atoms with Gasteiger partial charge in [-0.3, -0.25) is 4.79 Å². The van der Waals surface area contributed by atoms with Crippen molar-refractivity contribution < 1.29 is 27.8 Å². The maximum absolute atomic E-state index is 11.9. The second kappa shape index (κ2) is 10.9. The Morgan fingerprint density at radius 3 is 2.51 bits per heavy atom. The SMILES string of the molecule is CS(=O)(=O)NC(=O)c1ccc(COc2cccc(-c3ccc(OCC4CCC4)nc3CO)c2)cc1. The molecular formula is C26H28N2O6S. The molecule has 2 N–H and O–H groups in total. The smallest absolute Gasteiger partial charge is 0.264 e. The predicted molar refractivity (Wildman–Crippen MR) is 132 cm³/mol. The van der Waals surface area contributed by atoms with Crippen molar-refractivity contribution in [2.75, 3.05) is 12.9 Å². The fourth-order valence-electron chi connectivity index (χ4n) is 3.71. The minimum Gasteiger partial charge on any atom is -0.489 e. The second-order valence-corrected chi connectivity index (χ2v) is 10.4. The van der Waals surface area contributed by atoms with Gasteiger partial charge in [0.25, 0.3) is 5.91 Å². The molecule has 1 amide bonds. The maximum Gasteiger partial charge on any atom is 0.264 e. The molecule has 8 nitrogen and oxygen atoms in total. The van der Waals surface area contributed by atoms with Gasteiger partial charge in [-0.1, -0.05) is 30.7 Å². The number of carbonyl (C=O) groups is 1. The number of nitrogens with zero attached hydrogens (tertiary/aromatic N) is 1. The largest absolute Gasteiger partial charge is 0.489 e. The highest BCUT2D eigenvalue weighted by Crippen LogP contribution is 2.30. The van der Waals surface area contributed by atoms with Crippen LogP contribution in [0.1, 0.15) is 40.9 Å². The van der Waals surface area contributed by atoms with Crippen molar-refractivity contribution in [3.05, 3.63) is 77.5 Å². The van der Waals surface area contributed by atoms with Crippen LogP contribution in [0.4, 0.5) is 0 Å². The first-order valence-corrected chi connectivity index (χ1v) is 13.3. The van der Waals surface area contributed by atoms with Gasteiger partial charge in [-0.2, -0.15) is 0 Å². The molecule has 4 rings (SSSR count). The molecule has 35 heavy (non-hydrogen) atoms. The van der Waals surface area contributed by atoms with Gasteiger partial charge in [-0.15, -0.1) is 0 Å². The van der Waals surface area contributed by atoms with E-state index in [0.717, 1.165) is 22.9 Å². The van der Waals surface area contributed by atoms with Gasteiger partial charge in [0, 0.05) is 17.2 Å². The van der Waals surface area contributed by atoms with Crippen molar-refractivity contribution in [3.8, 4) is 22.8 Å². The molecule has 0 radical (unpaired) electrons. The van der Waals surface area contributed by atoms with Gasteiger partial charge in [0.15, 0.2) is 0 Å². The molecule has 1 saturated carbocycles. The zero-order valence-corrected chi connectivity index (χ0v) is 20.3. The molecule has 2 aromatic carbocycles. The van der Waals surface area contributed by atoms with Crippen molar-refractivity contribution in [3.63, 3.8) is 0 Å². The zero-order chi connectivity index (χ0) is 24.8. The second-order valence-electron chi connectivity index (χ2n) is 8.63. The number of amides is 1. The number of sulfonamides is 1. The van der Waals surface area contributed by atoms with E-state index in [-0.39, 0.29) is 18.8 Å². The lowest BCUT2D eigenvalue weighted by Gasteiger charge is -2.25. The van der Waals surface area contributed by atoms with Crippen LogP contribution >= 0.6 is 0 Å². The minimum absolute atomic E-state index is 0.208. The summed E-state index contributed by atoms with van der Waals surface area (Å²) in [5.41, 5.74) is 3.26. The van der Waals surface area contributed by atoms with Crippen LogP contribution in [0, 0.1) is 5.92 Å². The van der Waals surface area contributed by atoms with Gasteiger partial charge in [0.05, 0.1) is 25.2 Å². The van der Waals surface area contributed by atoms with Crippen LogP contribution in [-0.2, 0) is 23.2 Å². The Bertz CT molecular complexity index is 1290. The lowest BCUT2D eigenvalue weighted by molar-refractivity contribution is 0.0981. The van der Waals surface area contributed by atoms with Crippen LogP contribution in [0.15, 0.2) is 60.7 Å². The number of benzene rings is 2. The number of nitrogens with one attached hydrogen (secondary N) is 1. The number of ether oxygens (including phenoxy) is 2. The average molecular weight is 497 g/mol. The van der Waals surface area contributed by atoms with E-state index in [1.807, 2.05) is 41.1 Å². The predicted octanol–water partition coefficient (Wildman–Crippen LogP) is 3.69. The molecule has 3 aromatic rings. The Balaban J connectivity index is 1.40. The quantitative estimate of drug-likeness (QED) is 0.440. The highest BCUT2D eigenvalue weighted by atomic mass is 32.2. The summed E-state index contributed by atoms with van der Waals surface area (Å²) in [4.78, 5) is 16.4. The fraction of sp³-hybridized carbons (Fsp3) is 0.308. The number of pyridine rings is 1. The van der Waals surface area contributed by atoms with E-state index in [1.54, 1.807) is 24.3 Å². The van der Waals surface area contributed by atoms with E-state index < -0.39 is 15.9 Å². The highest BCUT2D eigenvalue weighted by molar-refractivity contribution is 7.89. The molecule has 9 heteroatoms. The molecule has 1 fully saturated rings. The molecule has 0 unspecified atom stereocenters. The lowest BCUT2D eigenvalue weighted by atomic mass is 9.86. The molecule has 0 saturated heterocycles. The molecule has 0 atom stereocenters. The van der Waals surface area contributed by atoms with E-state index >= 15 is 0 Å². The van der Waals surface area contributed by atoms with E-state index in [9.17, 15) is 18.3 Å². The number of carbonyl (C=O) groups excluding carboxylic acids is 1. The van der Waals surface area contributed by atoms with Gasteiger partial charge in [0.2, 0.25) is 15.9 Å². The number of aliphatic hydroxyl groups excluding tert-OH is 1. The van der Waals surface area contributed by atoms with Crippen LogP contribution in [-0.4, -0.2) is 37.3 Å². The van der Waals surface area contributed by atoms with Crippen molar-refractivity contribution >= 4 is 15.9 Å². The number of hydrogen-bond donors (Lipinski definition) is 2. The zero-order valence-electron chi connectivity index (χ0n) is 19.4. The lowest BCUT2D eigenvalue weighted by Crippen LogP contribution is -2.29. The molecule has 0 aliphatic heterocycles. The monoisotopic (exact) mass is 496 g/mol. The normalized spacial score (nSPS) is 13.7. The van der Waals surface area contributed by atoms with Crippen molar-refractivity contribution in [1.29, 1.82) is 0 Å². The van der Waals surface area contributed by atoms with Crippen LogP contribution in [0.3, 0.4) is 0 Å². The molecule has 0 spiro atoms. The van der Waals surface area contributed by atoms with Gasteiger partial charge >= 0.3 is 0 Å². The highest BCUT2D eigenvalue weighted by Gasteiger charge is 2.18. The molecule has 184 valence electrons. The molecule has 1 aromatic heterocycles. The number of rotatable bonds is 10. The van der Waals surface area contributed by atoms with Gasteiger partial charge in [-0.25, -0.2) is 18.1 Å². The third-order valence-corrected chi connectivity index (χ3v) is 6.39. The summed E-state index contributed by atoms with van der Waals surface area (Å²) >= 11 is 0. The van der Waals surface area contributed by atoms with Crippen molar-refractivity contribution in [2.45, 2.75) is 32.5 Å². The topological polar surface area (TPSA) is 115 Å². The molecular weight excluding hydrogens is 468 g/mol. The minimum atomic E-state index is -3.62. The van der Waals surface area contributed by atoms with E-state index in [0.29, 0.717) is 29.8 Å². The van der Waals surface area contributed by atoms with Crippen molar-refractivity contribution in [2.24, 2.45) is 5.92 Å². The number of hydrogen-bond acceptors (Lipinski definition) is 7. The van der Waals surface area contributed by atoms with Gasteiger partial charge < -0.3 is 14.6 Å². The van der Waals surface area contributed by atoms with Crippen LogP contribution in [0.5, 0.6) is 11.6 Å². The Morgan fingerprint density at radius 1 is 1.09 bits per heavy atom. The molecule has 0 bridgehead atoms. The molecule has 1 aliphatic carbocycles. The standard InChI is InChI=1S/C26H28N2O6S/c1-35(31,32)28-26(30)20-10-8-19(9-11-20)16-33-22-7-3-6-21(14-22)23-12-13-25(27-24(23)15-29)34-17-18-4-2-5-18/h3,6-14,18,29H,2,4-5,15-17H2,1H3,(H,28,30). The van der Waals surface area contributed by atoms with Gasteiger partial charge in [0.1, 0.15) is 12.4 Å². The summed E-state index contributed by atoms with van der Waals surface area (Å²) in [6, 6.07) is 17.7. The molecule has 1 aliphatic rings. The van der Waals surface area contributed by atoms with Gasteiger partial charge in [-0.05, 0) is 60.2 Å². The molecule has 1 heterocycles. The van der Waals surface area contributed by atoms with E-state index in [2.05, 4.69) is 4.98 Å². The first-order valence-electron chi connectivity index (χ1n) is 11.4. The van der Waals surface area contributed by atoms with Crippen molar-refractivity contribution in [1.82, 2.24) is 9.71 Å². The number of aliphatic hydroxyl groups is 1. The van der Waals surface area contributed by atoms with Crippen LogP contribution < -0.4 is 14.2 Å². The number of aromatic nitrogens is 1. The van der Waals surface area contributed by atoms with E-state index in [1.165, 1.54) is 19.3 Å². The Kier molecular flexibility index (Phi) is 7.67. The Hall–Kier alpha value is -3.43. The summed E-state index contributed by atoms with van der Waals surface area (Å²) in [5.74, 6) is 1.07. The third kappa shape index (κ3) is 6.80. The first-order chi connectivity index (χ1) is 16.8. The first kappa shape index (κ1) is 24.7. The summed E-state index contributed by atoms with van der Waals surface area (Å²) < 4.78 is 36.1. The van der Waals surface area contributed by atoms with Crippen LogP contribution in [0.25, 0.3) is 11.1 Å². The Morgan fingerprint density at radius 2 is 1.86 bits per heavy atom. The summed E-state index contributed by atoms with van der Waals surface area (Å²) in [7, 11) is -3.62. The fourth-order valence-corrected chi connectivity index (χ4v) is 4.16. The third-order valence-electron chi connectivity index (χ3n) is 5.83.